The van der Waals surface area contributed by atoms with Crippen LogP contribution in [0.3, 0.4) is 0 Å². The van der Waals surface area contributed by atoms with E-state index in [4.69, 9.17) is 4.74 Å². The third kappa shape index (κ3) is 5.99. The van der Waals surface area contributed by atoms with Crippen LogP contribution in [0, 0.1) is 5.92 Å². The zero-order chi connectivity index (χ0) is 21.5. The number of anilines is 2. The van der Waals surface area contributed by atoms with Gasteiger partial charge in [-0.1, -0.05) is 26.0 Å². The molecule has 1 saturated heterocycles. The molecule has 0 aliphatic carbocycles. The molecule has 30 heavy (non-hydrogen) atoms. The molecule has 0 bridgehead atoms. The quantitative estimate of drug-likeness (QED) is 0.759. The first-order valence-electron chi connectivity index (χ1n) is 10.5. The summed E-state index contributed by atoms with van der Waals surface area (Å²) in [5, 5.41) is 2.95. The van der Waals surface area contributed by atoms with Gasteiger partial charge < -0.3 is 19.9 Å². The van der Waals surface area contributed by atoms with Crippen molar-refractivity contribution < 1.29 is 14.3 Å². The van der Waals surface area contributed by atoms with Gasteiger partial charge in [-0.3, -0.25) is 9.59 Å². The monoisotopic (exact) mass is 409 g/mol. The fourth-order valence-corrected chi connectivity index (χ4v) is 3.58. The summed E-state index contributed by atoms with van der Waals surface area (Å²) in [6.45, 7) is 7.31. The van der Waals surface area contributed by atoms with Gasteiger partial charge >= 0.3 is 0 Å². The SMILES string of the molecule is COc1ccc(CC(=O)Nc2ccc(N3CCN(C(=O)CC(C)C)CC3)cc2)cc1. The van der Waals surface area contributed by atoms with Crippen LogP contribution in [0.5, 0.6) is 5.75 Å². The molecular formula is C24H31N3O3. The molecule has 2 aromatic rings. The Labute approximate surface area is 178 Å². The molecule has 1 aliphatic heterocycles. The van der Waals surface area contributed by atoms with Crippen LogP contribution in [0.25, 0.3) is 0 Å². The molecule has 160 valence electrons. The molecular weight excluding hydrogens is 378 g/mol. The number of ether oxygens (including phenoxy) is 1. The number of nitrogens with zero attached hydrogens (tertiary/aromatic N) is 2. The molecule has 0 unspecified atom stereocenters. The normalized spacial score (nSPS) is 14.0. The second-order valence-electron chi connectivity index (χ2n) is 8.09. The van der Waals surface area contributed by atoms with Crippen LogP contribution in [0.1, 0.15) is 25.8 Å². The summed E-state index contributed by atoms with van der Waals surface area (Å²) in [6, 6.07) is 15.4. The molecule has 3 rings (SSSR count). The number of rotatable bonds is 7. The topological polar surface area (TPSA) is 61.9 Å². The van der Waals surface area contributed by atoms with E-state index in [2.05, 4.69) is 24.1 Å². The van der Waals surface area contributed by atoms with Gasteiger partial charge in [0.1, 0.15) is 5.75 Å². The van der Waals surface area contributed by atoms with E-state index in [1.165, 1.54) is 0 Å². The van der Waals surface area contributed by atoms with Crippen molar-refractivity contribution >= 4 is 23.2 Å². The van der Waals surface area contributed by atoms with Crippen LogP contribution in [0.15, 0.2) is 48.5 Å². The molecule has 0 spiro atoms. The maximum atomic E-state index is 12.3. The number of benzene rings is 2. The van der Waals surface area contributed by atoms with Gasteiger partial charge in [-0.05, 0) is 47.9 Å². The van der Waals surface area contributed by atoms with E-state index in [9.17, 15) is 9.59 Å². The van der Waals surface area contributed by atoms with Gasteiger partial charge in [0.15, 0.2) is 0 Å². The molecule has 0 aromatic heterocycles. The van der Waals surface area contributed by atoms with Crippen LogP contribution in [-0.4, -0.2) is 50.0 Å². The van der Waals surface area contributed by atoms with Crippen molar-refractivity contribution in [3.63, 3.8) is 0 Å². The van der Waals surface area contributed by atoms with E-state index < -0.39 is 0 Å². The standard InChI is InChI=1S/C24H31N3O3/c1-18(2)16-24(29)27-14-12-26(13-15-27)21-8-6-20(7-9-21)25-23(28)17-19-4-10-22(30-3)11-5-19/h4-11,18H,12-17H2,1-3H3,(H,25,28). The fourth-order valence-electron chi connectivity index (χ4n) is 3.58. The first-order valence-corrected chi connectivity index (χ1v) is 10.5. The summed E-state index contributed by atoms with van der Waals surface area (Å²) in [6.07, 6.45) is 0.934. The molecule has 2 amide bonds. The van der Waals surface area contributed by atoms with E-state index in [0.717, 1.165) is 48.9 Å². The first-order chi connectivity index (χ1) is 14.4. The first kappa shape index (κ1) is 21.7. The molecule has 1 heterocycles. The van der Waals surface area contributed by atoms with Gasteiger partial charge in [-0.2, -0.15) is 0 Å². The largest absolute Gasteiger partial charge is 0.497 e. The van der Waals surface area contributed by atoms with Crippen LogP contribution >= 0.6 is 0 Å². The summed E-state index contributed by atoms with van der Waals surface area (Å²) >= 11 is 0. The van der Waals surface area contributed by atoms with Crippen molar-refractivity contribution in [1.29, 1.82) is 0 Å². The Hall–Kier alpha value is -3.02. The van der Waals surface area contributed by atoms with Gasteiger partial charge in [-0.25, -0.2) is 0 Å². The van der Waals surface area contributed by atoms with E-state index in [1.54, 1.807) is 7.11 Å². The van der Waals surface area contributed by atoms with E-state index in [-0.39, 0.29) is 11.8 Å². The lowest BCUT2D eigenvalue weighted by Gasteiger charge is -2.36. The van der Waals surface area contributed by atoms with Gasteiger partial charge in [0.25, 0.3) is 0 Å². The number of piperazine rings is 1. The van der Waals surface area contributed by atoms with Gasteiger partial charge in [-0.15, -0.1) is 0 Å². The van der Waals surface area contributed by atoms with Crippen molar-refractivity contribution in [1.82, 2.24) is 4.90 Å². The van der Waals surface area contributed by atoms with Crippen molar-refractivity contribution in [2.75, 3.05) is 43.5 Å². The third-order valence-corrected chi connectivity index (χ3v) is 5.26. The lowest BCUT2D eigenvalue weighted by atomic mass is 10.1. The zero-order valence-corrected chi connectivity index (χ0v) is 18.1. The number of hydrogen-bond donors (Lipinski definition) is 1. The van der Waals surface area contributed by atoms with Gasteiger partial charge in [0.2, 0.25) is 11.8 Å². The Kier molecular flexibility index (Phi) is 7.33. The number of carbonyl (C=O) groups excluding carboxylic acids is 2. The number of hydrogen-bond acceptors (Lipinski definition) is 4. The summed E-state index contributed by atoms with van der Waals surface area (Å²) < 4.78 is 5.14. The third-order valence-electron chi connectivity index (χ3n) is 5.26. The maximum absolute atomic E-state index is 12.3. The Bertz CT molecular complexity index is 839. The Morgan fingerprint density at radius 1 is 0.967 bits per heavy atom. The lowest BCUT2D eigenvalue weighted by Crippen LogP contribution is -2.49. The van der Waals surface area contributed by atoms with E-state index in [0.29, 0.717) is 18.8 Å². The minimum atomic E-state index is -0.0507. The number of nitrogens with one attached hydrogen (secondary N) is 1. The van der Waals surface area contributed by atoms with Crippen molar-refractivity contribution in [3.05, 3.63) is 54.1 Å². The molecule has 6 heteroatoms. The highest BCUT2D eigenvalue weighted by Crippen LogP contribution is 2.20. The van der Waals surface area contributed by atoms with Crippen LogP contribution < -0.4 is 15.0 Å². The predicted octanol–water partition coefficient (Wildman–Crippen LogP) is 3.57. The lowest BCUT2D eigenvalue weighted by molar-refractivity contribution is -0.132. The maximum Gasteiger partial charge on any atom is 0.228 e. The van der Waals surface area contributed by atoms with Gasteiger partial charge in [0.05, 0.1) is 13.5 Å². The Morgan fingerprint density at radius 2 is 1.60 bits per heavy atom. The molecule has 1 N–H and O–H groups in total. The highest BCUT2D eigenvalue weighted by atomic mass is 16.5. The Morgan fingerprint density at radius 3 is 2.17 bits per heavy atom. The summed E-state index contributed by atoms with van der Waals surface area (Å²) in [5.41, 5.74) is 2.83. The average Bonchev–Trinajstić information content (AvgIpc) is 2.74. The van der Waals surface area contributed by atoms with Crippen LogP contribution in [0.2, 0.25) is 0 Å². The molecule has 0 radical (unpaired) electrons. The molecule has 0 atom stereocenters. The number of carbonyl (C=O) groups is 2. The minimum Gasteiger partial charge on any atom is -0.497 e. The van der Waals surface area contributed by atoms with Crippen molar-refractivity contribution in [2.24, 2.45) is 5.92 Å². The van der Waals surface area contributed by atoms with E-state index >= 15 is 0 Å². The van der Waals surface area contributed by atoms with Crippen molar-refractivity contribution in [2.45, 2.75) is 26.7 Å². The summed E-state index contributed by atoms with van der Waals surface area (Å²) in [7, 11) is 1.62. The zero-order valence-electron chi connectivity index (χ0n) is 18.1. The van der Waals surface area contributed by atoms with E-state index in [1.807, 2.05) is 53.4 Å². The number of amides is 2. The smallest absolute Gasteiger partial charge is 0.228 e. The van der Waals surface area contributed by atoms with Crippen molar-refractivity contribution in [3.8, 4) is 5.75 Å². The minimum absolute atomic E-state index is 0.0507. The van der Waals surface area contributed by atoms with Crippen LogP contribution in [-0.2, 0) is 16.0 Å². The highest BCUT2D eigenvalue weighted by molar-refractivity contribution is 5.92. The summed E-state index contributed by atoms with van der Waals surface area (Å²) in [5.74, 6) is 1.37. The summed E-state index contributed by atoms with van der Waals surface area (Å²) in [4.78, 5) is 28.8. The molecule has 6 nitrogen and oxygen atoms in total. The number of methoxy groups -OCH3 is 1. The average molecular weight is 410 g/mol. The highest BCUT2D eigenvalue weighted by Gasteiger charge is 2.21. The second kappa shape index (κ2) is 10.1. The molecule has 1 aliphatic rings. The second-order valence-corrected chi connectivity index (χ2v) is 8.09. The Balaban J connectivity index is 1.49. The van der Waals surface area contributed by atoms with Crippen LogP contribution in [0.4, 0.5) is 11.4 Å². The molecule has 1 fully saturated rings. The predicted molar refractivity (Wildman–Crippen MR) is 120 cm³/mol. The molecule has 2 aromatic carbocycles. The fraction of sp³-hybridized carbons (Fsp3) is 0.417. The molecule has 0 saturated carbocycles. The van der Waals surface area contributed by atoms with Gasteiger partial charge in [0, 0.05) is 44.0 Å².